The van der Waals surface area contributed by atoms with Crippen molar-refractivity contribution in [2.24, 2.45) is 0 Å². The molecule has 0 amide bonds. The molecular formula is C10H18B. The van der Waals surface area contributed by atoms with Gasteiger partial charge in [0.1, 0.15) is 7.28 Å². The number of rotatable bonds is 1. The molecule has 0 N–H and O–H groups in total. The zero-order valence-corrected chi connectivity index (χ0v) is 5.89. The van der Waals surface area contributed by atoms with Crippen molar-refractivity contribution < 1.29 is 0 Å². The summed E-state index contributed by atoms with van der Waals surface area (Å²) in [5.74, 6) is 0. The average Bonchev–Trinajstić information content (AvgIpc) is 1.90. The quantitative estimate of drug-likeness (QED) is 0.538. The molecule has 0 unspecified atom stereocenters. The summed E-state index contributed by atoms with van der Waals surface area (Å²) in [4.78, 5) is 0. The molecule has 0 fully saturated rings. The van der Waals surface area contributed by atoms with Crippen LogP contribution in [-0.4, -0.2) is 7.28 Å². The molecule has 1 rings (SSSR count). The van der Waals surface area contributed by atoms with Crippen molar-refractivity contribution in [1.29, 1.82) is 0 Å². The third-order valence-electron chi connectivity index (χ3n) is 1.41. The molecular weight excluding hydrogens is 131 g/mol. The third kappa shape index (κ3) is 3.87. The Hall–Kier alpha value is -0.715. The van der Waals surface area contributed by atoms with Gasteiger partial charge in [-0.2, -0.15) is 0 Å². The van der Waals surface area contributed by atoms with Crippen LogP contribution in [0.15, 0.2) is 24.3 Å². The Kier molecular flexibility index (Phi) is 7.08. The summed E-state index contributed by atoms with van der Waals surface area (Å²) < 4.78 is 0. The lowest BCUT2D eigenvalue weighted by Crippen LogP contribution is -2.08. The predicted molar refractivity (Wildman–Crippen MR) is 55.9 cm³/mol. The zero-order chi connectivity index (χ0) is 6.69. The van der Waals surface area contributed by atoms with Crippen molar-refractivity contribution in [3.63, 3.8) is 0 Å². The molecule has 0 aliphatic heterocycles. The van der Waals surface area contributed by atoms with Gasteiger partial charge < -0.3 is 0 Å². The Morgan fingerprint density at radius 2 is 1.45 bits per heavy atom. The van der Waals surface area contributed by atoms with E-state index in [9.17, 15) is 0 Å². The molecule has 61 valence electrons. The molecule has 0 heterocycles. The highest BCUT2D eigenvalue weighted by Gasteiger charge is 1.86. The molecule has 0 atom stereocenters. The van der Waals surface area contributed by atoms with Gasteiger partial charge in [0.2, 0.25) is 0 Å². The Bertz CT molecular complexity index is 177. The summed E-state index contributed by atoms with van der Waals surface area (Å²) >= 11 is 0. The van der Waals surface area contributed by atoms with Crippen molar-refractivity contribution in [3.8, 4) is 0 Å². The molecule has 1 radical (unpaired) electrons. The largest absolute Gasteiger partial charge is 0.148 e. The topological polar surface area (TPSA) is 0 Å². The van der Waals surface area contributed by atoms with E-state index in [-0.39, 0.29) is 14.9 Å². The molecule has 0 aromatic heterocycles. The first-order valence-electron chi connectivity index (χ1n) is 3.19. The van der Waals surface area contributed by atoms with E-state index < -0.39 is 0 Å². The maximum absolute atomic E-state index is 2.12. The minimum absolute atomic E-state index is 0. The van der Waals surface area contributed by atoms with E-state index in [2.05, 4.69) is 38.5 Å². The fourth-order valence-corrected chi connectivity index (χ4v) is 0.759. The monoisotopic (exact) mass is 149 g/mol. The van der Waals surface area contributed by atoms with Crippen LogP contribution in [0.25, 0.3) is 0 Å². The fourth-order valence-electron chi connectivity index (χ4n) is 0.759. The fraction of sp³-hybridized carbons (Fsp3) is 0.400. The lowest BCUT2D eigenvalue weighted by Gasteiger charge is -1.93. The van der Waals surface area contributed by atoms with Crippen molar-refractivity contribution in [2.75, 3.05) is 0 Å². The molecule has 0 aliphatic carbocycles. The van der Waals surface area contributed by atoms with Crippen molar-refractivity contribution >= 4 is 12.7 Å². The van der Waals surface area contributed by atoms with Crippen LogP contribution in [0, 0.1) is 6.92 Å². The summed E-state index contributed by atoms with van der Waals surface area (Å²) in [6, 6.07) is 8.48. The summed E-state index contributed by atoms with van der Waals surface area (Å²) in [6.07, 6.45) is 0. The highest BCUT2D eigenvalue weighted by atomic mass is 13.8. The molecule has 1 aromatic rings. The maximum Gasteiger partial charge on any atom is 0.148 e. The van der Waals surface area contributed by atoms with Crippen LogP contribution in [0.1, 0.15) is 20.4 Å². The van der Waals surface area contributed by atoms with Crippen molar-refractivity contribution in [2.45, 2.75) is 28.6 Å². The van der Waals surface area contributed by atoms with Crippen LogP contribution in [0.5, 0.6) is 0 Å². The molecule has 11 heavy (non-hydrogen) atoms. The molecule has 1 heteroatoms. The van der Waals surface area contributed by atoms with E-state index >= 15 is 0 Å². The van der Waals surface area contributed by atoms with Crippen LogP contribution in [0.3, 0.4) is 0 Å². The van der Waals surface area contributed by atoms with Crippen LogP contribution in [-0.2, 0) is 0 Å². The average molecular weight is 149 g/mol. The Labute approximate surface area is 71.9 Å². The number of aryl methyl sites for hydroxylation is 1. The smallest absolute Gasteiger partial charge is 0.0881 e. The molecule has 1 aromatic carbocycles. The number of benzene rings is 1. The second kappa shape index (κ2) is 6.02. The zero-order valence-electron chi connectivity index (χ0n) is 5.89. The van der Waals surface area contributed by atoms with E-state index in [1.807, 2.05) is 6.82 Å². The third-order valence-corrected chi connectivity index (χ3v) is 1.41. The van der Waals surface area contributed by atoms with E-state index in [4.69, 9.17) is 0 Å². The van der Waals surface area contributed by atoms with Crippen LogP contribution in [0.4, 0.5) is 0 Å². The molecule has 0 spiro atoms. The normalized spacial score (nSPS) is 7.45. The van der Waals surface area contributed by atoms with Crippen molar-refractivity contribution in [1.82, 2.24) is 0 Å². The van der Waals surface area contributed by atoms with E-state index in [0.29, 0.717) is 0 Å². The summed E-state index contributed by atoms with van der Waals surface area (Å²) in [5, 5.41) is 0. The summed E-state index contributed by atoms with van der Waals surface area (Å²) in [7, 11) is 2.10. The van der Waals surface area contributed by atoms with Gasteiger partial charge in [0, 0.05) is 0 Å². The SMILES string of the molecule is C.C.C[B]c1ccc(C)cc1. The summed E-state index contributed by atoms with van der Waals surface area (Å²) in [5.41, 5.74) is 2.61. The van der Waals surface area contributed by atoms with Gasteiger partial charge in [0.05, 0.1) is 0 Å². The van der Waals surface area contributed by atoms with Gasteiger partial charge >= 0.3 is 0 Å². The van der Waals surface area contributed by atoms with Gasteiger partial charge in [-0.25, -0.2) is 0 Å². The van der Waals surface area contributed by atoms with E-state index in [0.717, 1.165) is 0 Å². The Balaban J connectivity index is 0. The molecule has 0 bridgehead atoms. The Morgan fingerprint density at radius 3 is 1.82 bits per heavy atom. The summed E-state index contributed by atoms with van der Waals surface area (Å²) in [6.45, 7) is 4.14. The highest BCUT2D eigenvalue weighted by Crippen LogP contribution is 1.91. The lowest BCUT2D eigenvalue weighted by molar-refractivity contribution is 1.49. The second-order valence-corrected chi connectivity index (χ2v) is 2.20. The predicted octanol–water partition coefficient (Wildman–Crippen LogP) is 2.64. The first-order chi connectivity index (χ1) is 4.33. The molecule has 0 aliphatic rings. The Morgan fingerprint density at radius 1 is 1.00 bits per heavy atom. The number of hydrogen-bond donors (Lipinski definition) is 0. The lowest BCUT2D eigenvalue weighted by atomic mass is 9.73. The van der Waals surface area contributed by atoms with Crippen LogP contribution >= 0.6 is 0 Å². The molecule has 0 saturated carbocycles. The standard InChI is InChI=1S/C8H10B.2CH4/c1-7-3-5-8(9-2)6-4-7;;/h3-6H,1-2H3;2*1H4. The van der Waals surface area contributed by atoms with Crippen molar-refractivity contribution in [3.05, 3.63) is 29.8 Å². The van der Waals surface area contributed by atoms with Gasteiger partial charge in [-0.3, -0.25) is 0 Å². The van der Waals surface area contributed by atoms with Gasteiger partial charge in [-0.05, 0) is 6.92 Å². The number of hydrogen-bond acceptors (Lipinski definition) is 0. The van der Waals surface area contributed by atoms with Gasteiger partial charge in [0.15, 0.2) is 0 Å². The van der Waals surface area contributed by atoms with Crippen LogP contribution in [0.2, 0.25) is 6.82 Å². The van der Waals surface area contributed by atoms with Gasteiger partial charge in [-0.15, -0.1) is 0 Å². The second-order valence-electron chi connectivity index (χ2n) is 2.20. The highest BCUT2D eigenvalue weighted by molar-refractivity contribution is 6.51. The minimum atomic E-state index is 0. The van der Waals surface area contributed by atoms with Gasteiger partial charge in [-0.1, -0.05) is 57.0 Å². The molecule has 0 nitrogen and oxygen atoms in total. The molecule has 0 saturated heterocycles. The minimum Gasteiger partial charge on any atom is -0.0881 e. The maximum atomic E-state index is 2.12. The van der Waals surface area contributed by atoms with E-state index in [1.165, 1.54) is 11.0 Å². The van der Waals surface area contributed by atoms with Gasteiger partial charge in [0.25, 0.3) is 0 Å². The van der Waals surface area contributed by atoms with E-state index in [1.54, 1.807) is 0 Å². The first kappa shape index (κ1) is 12.9. The van der Waals surface area contributed by atoms with Crippen LogP contribution < -0.4 is 5.46 Å². The first-order valence-corrected chi connectivity index (χ1v) is 3.19.